The lowest BCUT2D eigenvalue weighted by Crippen LogP contribution is -2.37. The summed E-state index contributed by atoms with van der Waals surface area (Å²) in [4.78, 5) is 5.19. The van der Waals surface area contributed by atoms with Crippen LogP contribution in [0.15, 0.2) is 21.3 Å². The van der Waals surface area contributed by atoms with Gasteiger partial charge in [-0.05, 0) is 37.3 Å². The fraction of sp³-hybridized carbons (Fsp3) is 0.706. The fourth-order valence-corrected chi connectivity index (χ4v) is 5.66. The van der Waals surface area contributed by atoms with Crippen molar-refractivity contribution < 1.29 is 8.42 Å². The molecule has 1 saturated heterocycles. The molecular weight excluding hydrogens is 356 g/mol. The zero-order valence-electron chi connectivity index (χ0n) is 15.4. The van der Waals surface area contributed by atoms with E-state index in [1.165, 1.54) is 11.3 Å². The van der Waals surface area contributed by atoms with Crippen molar-refractivity contribution in [2.45, 2.75) is 50.3 Å². The number of guanidine groups is 1. The molecule has 2 N–H and O–H groups in total. The van der Waals surface area contributed by atoms with Crippen LogP contribution in [-0.4, -0.2) is 45.4 Å². The molecule has 0 unspecified atom stereocenters. The highest BCUT2D eigenvalue weighted by atomic mass is 32.2. The average Bonchev–Trinajstić information content (AvgIpc) is 3.08. The first-order valence-corrected chi connectivity index (χ1v) is 11.2. The molecule has 8 heteroatoms. The molecular formula is C17H30N4O2S2. The van der Waals surface area contributed by atoms with E-state index in [0.29, 0.717) is 29.8 Å². The molecule has 6 nitrogen and oxygen atoms in total. The normalized spacial score (nSPS) is 17.0. The summed E-state index contributed by atoms with van der Waals surface area (Å²) in [5, 5.41) is 6.52. The van der Waals surface area contributed by atoms with Crippen LogP contribution in [0, 0.1) is 5.92 Å². The molecule has 1 aliphatic rings. The molecule has 1 aromatic rings. The number of nitrogens with one attached hydrogen (secondary N) is 2. The summed E-state index contributed by atoms with van der Waals surface area (Å²) in [5.41, 5.74) is 0. The number of sulfonamides is 1. The maximum Gasteiger partial charge on any atom is 0.252 e. The minimum Gasteiger partial charge on any atom is -0.356 e. The molecule has 0 radical (unpaired) electrons. The van der Waals surface area contributed by atoms with E-state index < -0.39 is 10.0 Å². The minimum atomic E-state index is -3.33. The van der Waals surface area contributed by atoms with Crippen LogP contribution in [-0.2, 0) is 16.6 Å². The van der Waals surface area contributed by atoms with Gasteiger partial charge in [0.2, 0.25) is 0 Å². The second kappa shape index (κ2) is 9.54. The number of piperidine rings is 1. The van der Waals surface area contributed by atoms with Gasteiger partial charge in [0.15, 0.2) is 5.96 Å². The van der Waals surface area contributed by atoms with Crippen molar-refractivity contribution >= 4 is 27.3 Å². The molecule has 1 aromatic heterocycles. The number of thiophene rings is 1. The minimum absolute atomic E-state index is 0.439. The Hall–Kier alpha value is -1.12. The van der Waals surface area contributed by atoms with Crippen LogP contribution in [0.25, 0.3) is 0 Å². The molecule has 0 spiro atoms. The first-order chi connectivity index (χ1) is 11.9. The highest BCUT2D eigenvalue weighted by molar-refractivity contribution is 7.91. The fourth-order valence-electron chi connectivity index (χ4n) is 2.70. The Morgan fingerprint density at radius 3 is 2.60 bits per heavy atom. The van der Waals surface area contributed by atoms with Gasteiger partial charge in [0.05, 0.1) is 6.54 Å². The van der Waals surface area contributed by atoms with E-state index in [9.17, 15) is 8.42 Å². The molecule has 1 fully saturated rings. The van der Waals surface area contributed by atoms with E-state index in [1.807, 2.05) is 6.07 Å². The molecule has 0 bridgehead atoms. The quantitative estimate of drug-likeness (QED) is 0.558. The zero-order valence-corrected chi connectivity index (χ0v) is 17.0. The number of aliphatic imine (C=N–C) groups is 1. The summed E-state index contributed by atoms with van der Waals surface area (Å²) >= 11 is 1.34. The van der Waals surface area contributed by atoms with Crippen molar-refractivity contribution in [3.8, 4) is 0 Å². The summed E-state index contributed by atoms with van der Waals surface area (Å²) in [5.74, 6) is 1.39. The maximum atomic E-state index is 12.7. The molecule has 2 rings (SSSR count). The molecule has 0 amide bonds. The Bertz CT molecular complexity index is 662. The summed E-state index contributed by atoms with van der Waals surface area (Å²) in [6.45, 7) is 7.10. The van der Waals surface area contributed by atoms with Gasteiger partial charge in [-0.2, -0.15) is 4.31 Å². The Kier molecular flexibility index (Phi) is 7.71. The average molecular weight is 387 g/mol. The third kappa shape index (κ3) is 5.97. The third-order valence-electron chi connectivity index (χ3n) is 4.21. The van der Waals surface area contributed by atoms with Gasteiger partial charge in [-0.1, -0.05) is 20.3 Å². The first kappa shape index (κ1) is 20.2. The number of nitrogens with zero attached hydrogens (tertiary/aromatic N) is 2. The van der Waals surface area contributed by atoms with E-state index >= 15 is 0 Å². The standard InChI is InChI=1S/C17H30N4O2S2/c1-14(2)9-10-19-17(18-3)20-13-15-7-8-16(24-15)25(22,23)21-11-5-4-6-12-21/h7-8,14H,4-6,9-13H2,1-3H3,(H2,18,19,20). The Morgan fingerprint density at radius 1 is 1.24 bits per heavy atom. The van der Waals surface area contributed by atoms with Crippen molar-refractivity contribution in [1.29, 1.82) is 0 Å². The second-order valence-electron chi connectivity index (χ2n) is 6.72. The third-order valence-corrected chi connectivity index (χ3v) is 7.67. The summed E-state index contributed by atoms with van der Waals surface area (Å²) in [7, 11) is -1.59. The van der Waals surface area contributed by atoms with E-state index in [4.69, 9.17) is 0 Å². The molecule has 0 aromatic carbocycles. The van der Waals surface area contributed by atoms with Gasteiger partial charge < -0.3 is 10.6 Å². The van der Waals surface area contributed by atoms with Crippen LogP contribution in [0.5, 0.6) is 0 Å². The number of hydrogen-bond acceptors (Lipinski definition) is 4. The largest absolute Gasteiger partial charge is 0.356 e. The van der Waals surface area contributed by atoms with Crippen LogP contribution < -0.4 is 10.6 Å². The van der Waals surface area contributed by atoms with Gasteiger partial charge in [0.1, 0.15) is 4.21 Å². The molecule has 1 aliphatic heterocycles. The Labute approximate surface area is 155 Å². The summed E-state index contributed by atoms with van der Waals surface area (Å²) in [6.07, 6.45) is 4.11. The van der Waals surface area contributed by atoms with Crippen LogP contribution in [0.4, 0.5) is 0 Å². The second-order valence-corrected chi connectivity index (χ2v) is 10.1. The SMILES string of the molecule is CN=C(NCCC(C)C)NCc1ccc(S(=O)(=O)N2CCCCC2)s1. The molecule has 0 saturated carbocycles. The first-order valence-electron chi connectivity index (χ1n) is 8.97. The number of hydrogen-bond donors (Lipinski definition) is 2. The Morgan fingerprint density at radius 2 is 1.96 bits per heavy atom. The van der Waals surface area contributed by atoms with Gasteiger partial charge in [-0.25, -0.2) is 8.42 Å². The predicted molar refractivity (Wildman–Crippen MR) is 105 cm³/mol. The van der Waals surface area contributed by atoms with Gasteiger partial charge in [0, 0.05) is 31.6 Å². The van der Waals surface area contributed by atoms with Crippen LogP contribution in [0.2, 0.25) is 0 Å². The topological polar surface area (TPSA) is 73.8 Å². The molecule has 0 aliphatic carbocycles. The van der Waals surface area contributed by atoms with E-state index in [-0.39, 0.29) is 0 Å². The predicted octanol–water partition coefficient (Wildman–Crippen LogP) is 2.63. The zero-order chi connectivity index (χ0) is 18.3. The monoisotopic (exact) mass is 386 g/mol. The van der Waals surface area contributed by atoms with Gasteiger partial charge in [-0.15, -0.1) is 11.3 Å². The van der Waals surface area contributed by atoms with Crippen LogP contribution in [0.1, 0.15) is 44.4 Å². The molecule has 142 valence electrons. The lowest BCUT2D eigenvalue weighted by Gasteiger charge is -2.25. The van der Waals surface area contributed by atoms with Gasteiger partial charge in [0.25, 0.3) is 10.0 Å². The summed E-state index contributed by atoms with van der Waals surface area (Å²) in [6, 6.07) is 3.61. The maximum absolute atomic E-state index is 12.7. The van der Waals surface area contributed by atoms with E-state index in [2.05, 4.69) is 29.5 Å². The van der Waals surface area contributed by atoms with Crippen molar-refractivity contribution in [1.82, 2.24) is 14.9 Å². The van der Waals surface area contributed by atoms with E-state index in [0.717, 1.165) is 43.1 Å². The molecule has 25 heavy (non-hydrogen) atoms. The Balaban J connectivity index is 1.90. The van der Waals surface area contributed by atoms with Gasteiger partial charge in [-0.3, -0.25) is 4.99 Å². The highest BCUT2D eigenvalue weighted by Gasteiger charge is 2.27. The smallest absolute Gasteiger partial charge is 0.252 e. The van der Waals surface area contributed by atoms with Crippen LogP contribution >= 0.6 is 11.3 Å². The van der Waals surface area contributed by atoms with Crippen molar-refractivity contribution in [3.63, 3.8) is 0 Å². The van der Waals surface area contributed by atoms with Crippen molar-refractivity contribution in [2.75, 3.05) is 26.7 Å². The molecule has 2 heterocycles. The van der Waals surface area contributed by atoms with Crippen LogP contribution in [0.3, 0.4) is 0 Å². The summed E-state index contributed by atoms with van der Waals surface area (Å²) < 4.78 is 27.4. The van der Waals surface area contributed by atoms with Crippen molar-refractivity contribution in [3.05, 3.63) is 17.0 Å². The number of rotatable bonds is 7. The van der Waals surface area contributed by atoms with E-state index in [1.54, 1.807) is 17.4 Å². The van der Waals surface area contributed by atoms with Gasteiger partial charge >= 0.3 is 0 Å². The highest BCUT2D eigenvalue weighted by Crippen LogP contribution is 2.26. The van der Waals surface area contributed by atoms with Crippen molar-refractivity contribution in [2.24, 2.45) is 10.9 Å². The lowest BCUT2D eigenvalue weighted by molar-refractivity contribution is 0.347. The lowest BCUT2D eigenvalue weighted by atomic mass is 10.1. The molecule has 0 atom stereocenters.